The van der Waals surface area contributed by atoms with Gasteiger partial charge in [-0.05, 0) is 27.2 Å². The fourth-order valence-corrected chi connectivity index (χ4v) is 3.96. The van der Waals surface area contributed by atoms with E-state index in [1.54, 1.807) is 6.92 Å². The third kappa shape index (κ3) is 3.18. The number of ether oxygens (including phenoxy) is 1. The van der Waals surface area contributed by atoms with E-state index in [1.165, 1.54) is 4.31 Å². The largest absolute Gasteiger partial charge is 0.370 e. The van der Waals surface area contributed by atoms with Crippen LogP contribution in [0.4, 0.5) is 0 Å². The lowest BCUT2D eigenvalue weighted by molar-refractivity contribution is -0.109. The highest BCUT2D eigenvalue weighted by atomic mass is 32.2. The highest BCUT2D eigenvalue weighted by Gasteiger charge is 2.40. The van der Waals surface area contributed by atoms with Crippen LogP contribution in [0.15, 0.2) is 0 Å². The molecule has 0 bridgehead atoms. The first-order valence-corrected chi connectivity index (χ1v) is 7.29. The van der Waals surface area contributed by atoms with Crippen molar-refractivity contribution in [3.05, 3.63) is 0 Å². The highest BCUT2D eigenvalue weighted by molar-refractivity contribution is 7.90. The van der Waals surface area contributed by atoms with Crippen LogP contribution < -0.4 is 0 Å². The minimum absolute atomic E-state index is 0.148. The molecular formula is C11H20N2O3S. The normalized spacial score (nSPS) is 27.4. The zero-order valence-electron chi connectivity index (χ0n) is 10.8. The van der Waals surface area contributed by atoms with Crippen LogP contribution in [0.5, 0.6) is 0 Å². The summed E-state index contributed by atoms with van der Waals surface area (Å²) in [5.74, 6) is 0. The van der Waals surface area contributed by atoms with Crippen molar-refractivity contribution >= 4 is 10.0 Å². The van der Waals surface area contributed by atoms with Crippen LogP contribution in [0.25, 0.3) is 0 Å². The van der Waals surface area contributed by atoms with E-state index in [0.29, 0.717) is 19.5 Å². The summed E-state index contributed by atoms with van der Waals surface area (Å²) in [6.07, 6.45) is 0.162. The molecule has 0 saturated carbocycles. The lowest BCUT2D eigenvalue weighted by atomic mass is 10.1. The van der Waals surface area contributed by atoms with E-state index in [9.17, 15) is 8.42 Å². The van der Waals surface area contributed by atoms with Crippen LogP contribution in [0.3, 0.4) is 0 Å². The van der Waals surface area contributed by atoms with Crippen LogP contribution in [0, 0.1) is 11.3 Å². The Morgan fingerprint density at radius 3 is 2.59 bits per heavy atom. The summed E-state index contributed by atoms with van der Waals surface area (Å²) in [4.78, 5) is 0. The molecule has 1 aliphatic rings. The van der Waals surface area contributed by atoms with Crippen molar-refractivity contribution in [2.75, 3.05) is 13.1 Å². The molecular weight excluding hydrogens is 240 g/mol. The zero-order chi connectivity index (χ0) is 13.3. The van der Waals surface area contributed by atoms with E-state index >= 15 is 0 Å². The number of nitriles is 1. The monoisotopic (exact) mass is 260 g/mol. The molecule has 1 aliphatic heterocycles. The Labute approximate surface area is 103 Å². The van der Waals surface area contributed by atoms with Crippen molar-refractivity contribution in [2.24, 2.45) is 0 Å². The SMILES string of the molecule is CCC(C#N)S(=O)(=O)N1CC(C)OC(C)(C)C1. The van der Waals surface area contributed by atoms with E-state index in [-0.39, 0.29) is 6.10 Å². The average molecular weight is 260 g/mol. The predicted molar refractivity (Wildman–Crippen MR) is 64.8 cm³/mol. The Bertz CT molecular complexity index is 411. The average Bonchev–Trinajstić information content (AvgIpc) is 2.15. The molecule has 0 radical (unpaired) electrons. The van der Waals surface area contributed by atoms with Gasteiger partial charge in [-0.1, -0.05) is 6.92 Å². The first kappa shape index (κ1) is 14.4. The van der Waals surface area contributed by atoms with Gasteiger partial charge in [0.25, 0.3) is 0 Å². The topological polar surface area (TPSA) is 70.4 Å². The van der Waals surface area contributed by atoms with Gasteiger partial charge in [-0.2, -0.15) is 9.57 Å². The van der Waals surface area contributed by atoms with Crippen LogP contribution in [0.2, 0.25) is 0 Å². The lowest BCUT2D eigenvalue weighted by Gasteiger charge is -2.41. The molecule has 1 heterocycles. The third-order valence-electron chi connectivity index (χ3n) is 2.77. The smallest absolute Gasteiger partial charge is 0.230 e. The van der Waals surface area contributed by atoms with Gasteiger partial charge < -0.3 is 4.74 Å². The van der Waals surface area contributed by atoms with Gasteiger partial charge in [0.2, 0.25) is 10.0 Å². The van der Waals surface area contributed by atoms with Gasteiger partial charge in [-0.25, -0.2) is 8.42 Å². The zero-order valence-corrected chi connectivity index (χ0v) is 11.6. The van der Waals surface area contributed by atoms with Crippen LogP contribution >= 0.6 is 0 Å². The first-order chi connectivity index (χ1) is 7.73. The molecule has 1 saturated heterocycles. The van der Waals surface area contributed by atoms with Crippen molar-refractivity contribution in [3.8, 4) is 6.07 Å². The van der Waals surface area contributed by atoms with Crippen molar-refractivity contribution in [2.45, 2.75) is 51.1 Å². The molecule has 1 rings (SSSR count). The Hall–Kier alpha value is -0.640. The molecule has 0 N–H and O–H groups in total. The summed E-state index contributed by atoms with van der Waals surface area (Å²) in [6.45, 7) is 7.90. The molecule has 0 spiro atoms. The summed E-state index contributed by atoms with van der Waals surface area (Å²) in [7, 11) is -3.54. The second kappa shape index (κ2) is 4.92. The Morgan fingerprint density at radius 1 is 1.59 bits per heavy atom. The van der Waals surface area contributed by atoms with Gasteiger partial charge in [-0.15, -0.1) is 0 Å². The number of hydrogen-bond donors (Lipinski definition) is 0. The van der Waals surface area contributed by atoms with E-state index < -0.39 is 20.9 Å². The molecule has 98 valence electrons. The van der Waals surface area contributed by atoms with E-state index in [2.05, 4.69) is 0 Å². The van der Waals surface area contributed by atoms with Gasteiger partial charge in [0, 0.05) is 13.1 Å². The van der Waals surface area contributed by atoms with Gasteiger partial charge in [-0.3, -0.25) is 0 Å². The van der Waals surface area contributed by atoms with Crippen LogP contribution in [0.1, 0.15) is 34.1 Å². The minimum atomic E-state index is -3.54. The summed E-state index contributed by atoms with van der Waals surface area (Å²) in [5, 5.41) is 7.95. The fraction of sp³-hybridized carbons (Fsp3) is 0.909. The maximum Gasteiger partial charge on any atom is 0.230 e. The number of morpholine rings is 1. The molecule has 0 aromatic rings. The lowest BCUT2D eigenvalue weighted by Crippen LogP contribution is -2.55. The number of rotatable bonds is 3. The summed E-state index contributed by atoms with van der Waals surface area (Å²) < 4.78 is 31.5. The molecule has 2 unspecified atom stereocenters. The van der Waals surface area contributed by atoms with Gasteiger partial charge >= 0.3 is 0 Å². The van der Waals surface area contributed by atoms with Gasteiger partial charge in [0.05, 0.1) is 17.8 Å². The number of nitrogens with zero attached hydrogens (tertiary/aromatic N) is 2. The predicted octanol–water partition coefficient (Wildman–Crippen LogP) is 1.12. The minimum Gasteiger partial charge on any atom is -0.370 e. The Kier molecular flexibility index (Phi) is 4.18. The number of hydrogen-bond acceptors (Lipinski definition) is 4. The molecule has 17 heavy (non-hydrogen) atoms. The molecule has 0 aromatic carbocycles. The maximum absolute atomic E-state index is 12.2. The molecule has 6 heteroatoms. The Balaban J connectivity index is 2.97. The maximum atomic E-state index is 12.2. The molecule has 2 atom stereocenters. The molecule has 5 nitrogen and oxygen atoms in total. The number of sulfonamides is 1. The summed E-state index contributed by atoms with van der Waals surface area (Å²) >= 11 is 0. The van der Waals surface area contributed by atoms with Crippen molar-refractivity contribution in [1.29, 1.82) is 5.26 Å². The summed E-state index contributed by atoms with van der Waals surface area (Å²) in [5.41, 5.74) is -0.502. The third-order valence-corrected chi connectivity index (χ3v) is 4.93. The highest BCUT2D eigenvalue weighted by Crippen LogP contribution is 2.25. The molecule has 1 fully saturated rings. The van der Waals surface area contributed by atoms with Gasteiger partial charge in [0.15, 0.2) is 5.25 Å². The standard InChI is InChI=1S/C11H20N2O3S/c1-5-10(6-12)17(14,15)13-7-9(2)16-11(3,4)8-13/h9-10H,5,7-8H2,1-4H3. The van der Waals surface area contributed by atoms with E-state index in [0.717, 1.165) is 0 Å². The van der Waals surface area contributed by atoms with Crippen LogP contribution in [-0.2, 0) is 14.8 Å². The molecule has 0 aliphatic carbocycles. The van der Waals surface area contributed by atoms with Crippen LogP contribution in [-0.4, -0.2) is 42.8 Å². The first-order valence-electron chi connectivity index (χ1n) is 5.79. The summed E-state index contributed by atoms with van der Waals surface area (Å²) in [6, 6.07) is 1.86. The van der Waals surface area contributed by atoms with Crippen molar-refractivity contribution < 1.29 is 13.2 Å². The van der Waals surface area contributed by atoms with Gasteiger partial charge in [0.1, 0.15) is 0 Å². The fourth-order valence-electron chi connectivity index (χ4n) is 2.14. The van der Waals surface area contributed by atoms with Crippen molar-refractivity contribution in [1.82, 2.24) is 4.31 Å². The quantitative estimate of drug-likeness (QED) is 0.762. The van der Waals surface area contributed by atoms with Crippen molar-refractivity contribution in [3.63, 3.8) is 0 Å². The second-order valence-electron chi connectivity index (χ2n) is 5.05. The second-order valence-corrected chi connectivity index (χ2v) is 7.17. The molecule has 0 amide bonds. The molecule has 0 aromatic heterocycles. The van der Waals surface area contributed by atoms with E-state index in [4.69, 9.17) is 10.00 Å². The Morgan fingerprint density at radius 2 is 2.18 bits per heavy atom. The van der Waals surface area contributed by atoms with E-state index in [1.807, 2.05) is 26.8 Å².